The lowest BCUT2D eigenvalue weighted by Gasteiger charge is -2.06. The predicted molar refractivity (Wildman–Crippen MR) is 65.7 cm³/mol. The van der Waals surface area contributed by atoms with Crippen LogP contribution in [0.25, 0.3) is 0 Å². The summed E-state index contributed by atoms with van der Waals surface area (Å²) >= 11 is 0. The van der Waals surface area contributed by atoms with Gasteiger partial charge in [-0.15, -0.1) is 0 Å². The number of rotatable bonds is 2. The Morgan fingerprint density at radius 2 is 1.93 bits per heavy atom. The Morgan fingerprint density at radius 1 is 1.13 bits per heavy atom. The van der Waals surface area contributed by atoms with Crippen molar-refractivity contribution in [2.24, 2.45) is 0 Å². The van der Waals surface area contributed by atoms with Crippen LogP contribution < -0.4 is 5.32 Å². The van der Waals surface area contributed by atoms with Gasteiger partial charge in [-0.2, -0.15) is 0 Å². The first-order valence-corrected chi connectivity index (χ1v) is 5.21. The monoisotopic (exact) mass is 197 g/mol. The molecule has 1 N–H and O–H groups in total. The van der Waals surface area contributed by atoms with E-state index in [0.717, 1.165) is 17.8 Å². The summed E-state index contributed by atoms with van der Waals surface area (Å²) in [7, 11) is 0. The van der Waals surface area contributed by atoms with Crippen LogP contribution in [0.2, 0.25) is 0 Å². The number of hydrogen-bond acceptors (Lipinski definition) is 1. The van der Waals surface area contributed by atoms with E-state index in [2.05, 4.69) is 48.7 Å². The van der Waals surface area contributed by atoms with Gasteiger partial charge in [0.1, 0.15) is 0 Å². The average Bonchev–Trinajstić information content (AvgIpc) is 2.46. The Labute approximate surface area is 90.8 Å². The molecule has 1 aromatic rings. The average molecular weight is 197 g/mol. The molecule has 0 unspecified atom stereocenters. The summed E-state index contributed by atoms with van der Waals surface area (Å²) in [6.07, 6.45) is 9.56. The molecule has 0 aromatic heterocycles. The Bertz CT molecular complexity index is 410. The number of nitrogens with one attached hydrogen (secondary N) is 1. The standard InChI is InChI=1S/C14H15N/c1-12-6-5-9-14(11-10-12)15-13-7-3-2-4-8-13/h2-9,11,15H,10H2,1H3. The van der Waals surface area contributed by atoms with Crippen molar-refractivity contribution in [3.8, 4) is 0 Å². The molecule has 1 aromatic carbocycles. The zero-order valence-electron chi connectivity index (χ0n) is 8.90. The fourth-order valence-electron chi connectivity index (χ4n) is 1.50. The highest BCUT2D eigenvalue weighted by molar-refractivity contribution is 5.51. The molecule has 0 saturated heterocycles. The molecule has 1 aliphatic rings. The second-order valence-corrected chi connectivity index (χ2v) is 3.73. The third kappa shape index (κ3) is 2.84. The highest BCUT2D eigenvalue weighted by atomic mass is 14.9. The molecule has 0 fully saturated rings. The number of benzene rings is 1. The normalized spacial score (nSPS) is 15.3. The molecular weight excluding hydrogens is 182 g/mol. The highest BCUT2D eigenvalue weighted by Gasteiger charge is 1.96. The van der Waals surface area contributed by atoms with Crippen molar-refractivity contribution in [1.29, 1.82) is 0 Å². The van der Waals surface area contributed by atoms with E-state index in [1.165, 1.54) is 5.57 Å². The molecule has 0 heterocycles. The van der Waals surface area contributed by atoms with Gasteiger partial charge in [-0.05, 0) is 31.6 Å². The van der Waals surface area contributed by atoms with E-state index in [1.807, 2.05) is 18.2 Å². The van der Waals surface area contributed by atoms with Gasteiger partial charge in [0.2, 0.25) is 0 Å². The van der Waals surface area contributed by atoms with Gasteiger partial charge in [0.15, 0.2) is 0 Å². The Morgan fingerprint density at radius 3 is 2.73 bits per heavy atom. The number of para-hydroxylation sites is 1. The van der Waals surface area contributed by atoms with Crippen LogP contribution in [-0.4, -0.2) is 0 Å². The van der Waals surface area contributed by atoms with E-state index in [-0.39, 0.29) is 0 Å². The molecule has 0 aliphatic heterocycles. The molecule has 1 heteroatoms. The molecule has 0 bridgehead atoms. The molecule has 76 valence electrons. The molecule has 0 spiro atoms. The Balaban J connectivity index is 2.08. The molecule has 0 saturated carbocycles. The van der Waals surface area contributed by atoms with Gasteiger partial charge in [0.05, 0.1) is 0 Å². The van der Waals surface area contributed by atoms with Crippen molar-refractivity contribution in [2.75, 3.05) is 5.32 Å². The van der Waals surface area contributed by atoms with Crippen LogP contribution in [0.4, 0.5) is 5.69 Å². The third-order valence-corrected chi connectivity index (χ3v) is 2.36. The zero-order chi connectivity index (χ0) is 10.5. The fraction of sp³-hybridized carbons (Fsp3) is 0.143. The minimum absolute atomic E-state index is 1.02. The molecule has 0 amide bonds. The van der Waals surface area contributed by atoms with Crippen molar-refractivity contribution in [3.05, 3.63) is 65.9 Å². The minimum Gasteiger partial charge on any atom is -0.356 e. The molecule has 1 aliphatic carbocycles. The van der Waals surface area contributed by atoms with Gasteiger partial charge in [0.25, 0.3) is 0 Å². The Hall–Kier alpha value is -1.76. The lowest BCUT2D eigenvalue weighted by atomic mass is 10.2. The summed E-state index contributed by atoms with van der Waals surface area (Å²) in [5.41, 5.74) is 3.68. The van der Waals surface area contributed by atoms with Gasteiger partial charge < -0.3 is 5.32 Å². The summed E-state index contributed by atoms with van der Waals surface area (Å²) in [5, 5.41) is 3.38. The van der Waals surface area contributed by atoms with Crippen LogP contribution in [0.1, 0.15) is 13.3 Å². The second-order valence-electron chi connectivity index (χ2n) is 3.73. The summed E-state index contributed by atoms with van der Waals surface area (Å²) in [4.78, 5) is 0. The summed E-state index contributed by atoms with van der Waals surface area (Å²) in [5.74, 6) is 0. The molecule has 0 atom stereocenters. The first kappa shape index (κ1) is 9.78. The van der Waals surface area contributed by atoms with Crippen LogP contribution >= 0.6 is 0 Å². The van der Waals surface area contributed by atoms with Gasteiger partial charge in [0, 0.05) is 11.4 Å². The first-order valence-electron chi connectivity index (χ1n) is 5.21. The maximum absolute atomic E-state index is 3.38. The topological polar surface area (TPSA) is 12.0 Å². The van der Waals surface area contributed by atoms with Crippen LogP contribution in [0.3, 0.4) is 0 Å². The van der Waals surface area contributed by atoms with Crippen molar-refractivity contribution < 1.29 is 0 Å². The minimum atomic E-state index is 1.02. The fourth-order valence-corrected chi connectivity index (χ4v) is 1.50. The number of anilines is 1. The van der Waals surface area contributed by atoms with Crippen LogP contribution in [-0.2, 0) is 0 Å². The van der Waals surface area contributed by atoms with Crippen molar-refractivity contribution in [3.63, 3.8) is 0 Å². The van der Waals surface area contributed by atoms with Crippen LogP contribution in [0, 0.1) is 0 Å². The summed E-state index contributed by atoms with van der Waals surface area (Å²) < 4.78 is 0. The second kappa shape index (κ2) is 4.65. The molecule has 1 nitrogen and oxygen atoms in total. The first-order chi connectivity index (χ1) is 7.34. The summed E-state index contributed by atoms with van der Waals surface area (Å²) in [6, 6.07) is 10.2. The zero-order valence-corrected chi connectivity index (χ0v) is 8.90. The molecular formula is C14H15N. The Kier molecular flexibility index (Phi) is 3.03. The van der Waals surface area contributed by atoms with E-state index in [9.17, 15) is 0 Å². The van der Waals surface area contributed by atoms with Gasteiger partial charge in [-0.3, -0.25) is 0 Å². The van der Waals surface area contributed by atoms with Crippen molar-refractivity contribution >= 4 is 5.69 Å². The molecule has 0 radical (unpaired) electrons. The van der Waals surface area contributed by atoms with Crippen LogP contribution in [0.15, 0.2) is 65.9 Å². The largest absolute Gasteiger partial charge is 0.356 e. The molecule has 15 heavy (non-hydrogen) atoms. The van der Waals surface area contributed by atoms with E-state index < -0.39 is 0 Å². The maximum atomic E-state index is 3.38. The number of hydrogen-bond donors (Lipinski definition) is 1. The quantitative estimate of drug-likeness (QED) is 0.758. The predicted octanol–water partition coefficient (Wildman–Crippen LogP) is 3.89. The van der Waals surface area contributed by atoms with E-state index in [0.29, 0.717) is 0 Å². The van der Waals surface area contributed by atoms with Gasteiger partial charge in [-0.25, -0.2) is 0 Å². The van der Waals surface area contributed by atoms with Crippen molar-refractivity contribution in [1.82, 2.24) is 0 Å². The SMILES string of the molecule is CC1=CC=CC(Nc2ccccc2)=CC1. The lowest BCUT2D eigenvalue weighted by Crippen LogP contribution is -1.95. The lowest BCUT2D eigenvalue weighted by molar-refractivity contribution is 1.20. The van der Waals surface area contributed by atoms with Crippen LogP contribution in [0.5, 0.6) is 0 Å². The third-order valence-electron chi connectivity index (χ3n) is 2.36. The van der Waals surface area contributed by atoms with Gasteiger partial charge >= 0.3 is 0 Å². The smallest absolute Gasteiger partial charge is 0.0384 e. The summed E-state index contributed by atoms with van der Waals surface area (Å²) in [6.45, 7) is 2.15. The van der Waals surface area contributed by atoms with E-state index >= 15 is 0 Å². The highest BCUT2D eigenvalue weighted by Crippen LogP contribution is 2.14. The van der Waals surface area contributed by atoms with Gasteiger partial charge in [-0.1, -0.05) is 42.0 Å². The van der Waals surface area contributed by atoms with E-state index in [1.54, 1.807) is 0 Å². The number of allylic oxidation sites excluding steroid dienone is 5. The van der Waals surface area contributed by atoms with Crippen molar-refractivity contribution in [2.45, 2.75) is 13.3 Å². The maximum Gasteiger partial charge on any atom is 0.0384 e. The molecule has 2 rings (SSSR count). The van der Waals surface area contributed by atoms with E-state index in [4.69, 9.17) is 0 Å².